The van der Waals surface area contributed by atoms with Crippen LogP contribution >= 0.6 is 0 Å². The summed E-state index contributed by atoms with van der Waals surface area (Å²) in [4.78, 5) is 2.18. The van der Waals surface area contributed by atoms with Crippen LogP contribution in [0.5, 0.6) is 0 Å². The third-order valence-electron chi connectivity index (χ3n) is 4.04. The Morgan fingerprint density at radius 2 is 2.14 bits per heavy atom. The molecule has 3 aromatic heterocycles. The van der Waals surface area contributed by atoms with Crippen LogP contribution in [0, 0.1) is 11.3 Å². The van der Waals surface area contributed by atoms with Crippen LogP contribution in [0.3, 0.4) is 0 Å². The molecule has 1 aliphatic heterocycles. The summed E-state index contributed by atoms with van der Waals surface area (Å²) in [6.07, 6.45) is 8.06. The number of fused-ring (bicyclic) bond motifs is 1. The number of aromatic nitrogens is 4. The van der Waals surface area contributed by atoms with Crippen LogP contribution in [0.25, 0.3) is 16.6 Å². The van der Waals surface area contributed by atoms with Crippen LogP contribution in [-0.2, 0) is 7.05 Å². The van der Waals surface area contributed by atoms with Crippen molar-refractivity contribution in [2.45, 2.75) is 12.8 Å². The van der Waals surface area contributed by atoms with Crippen molar-refractivity contribution in [1.29, 1.82) is 5.26 Å². The molecule has 1 saturated heterocycles. The summed E-state index contributed by atoms with van der Waals surface area (Å²) in [5.41, 5.74) is 4.35. The Morgan fingerprint density at radius 3 is 2.82 bits per heavy atom. The lowest BCUT2D eigenvalue weighted by molar-refractivity contribution is 0.768. The number of nitriles is 1. The summed E-state index contributed by atoms with van der Waals surface area (Å²) in [6, 6.07) is 4.29. The molecule has 0 radical (unpaired) electrons. The Bertz CT molecular complexity index is 918. The lowest BCUT2D eigenvalue weighted by Gasteiger charge is -2.20. The van der Waals surface area contributed by atoms with Crippen LogP contribution in [0.2, 0.25) is 0 Å². The van der Waals surface area contributed by atoms with Gasteiger partial charge in [0, 0.05) is 45.0 Å². The average Bonchev–Trinajstić information content (AvgIpc) is 3.25. The van der Waals surface area contributed by atoms with Crippen LogP contribution < -0.4 is 4.90 Å². The van der Waals surface area contributed by atoms with Crippen molar-refractivity contribution in [3.8, 4) is 17.2 Å². The van der Waals surface area contributed by atoms with Gasteiger partial charge in [0.25, 0.3) is 0 Å². The van der Waals surface area contributed by atoms with E-state index in [-0.39, 0.29) is 6.40 Å². The molecular formula is C16H16N6. The second kappa shape index (κ2) is 4.88. The fourth-order valence-corrected chi connectivity index (χ4v) is 2.96. The maximum Gasteiger partial charge on any atom is 0.107 e. The minimum absolute atomic E-state index is 0.0782. The summed E-state index contributed by atoms with van der Waals surface area (Å²) < 4.78 is 11.5. The first-order chi connectivity index (χ1) is 11.2. The van der Waals surface area contributed by atoms with Crippen molar-refractivity contribution in [1.82, 2.24) is 19.4 Å². The van der Waals surface area contributed by atoms with Crippen LogP contribution in [0.15, 0.2) is 30.9 Å². The highest BCUT2D eigenvalue weighted by molar-refractivity contribution is 5.83. The summed E-state index contributed by atoms with van der Waals surface area (Å²) in [6.45, 7) is 1.51. The second-order valence-corrected chi connectivity index (χ2v) is 5.50. The van der Waals surface area contributed by atoms with E-state index in [1.807, 2.05) is 25.6 Å². The van der Waals surface area contributed by atoms with Gasteiger partial charge in [0.2, 0.25) is 0 Å². The zero-order valence-corrected chi connectivity index (χ0v) is 12.3. The van der Waals surface area contributed by atoms with E-state index in [0.717, 1.165) is 35.3 Å². The molecule has 0 saturated carbocycles. The molecule has 1 aliphatic rings. The van der Waals surface area contributed by atoms with E-state index >= 15 is 0 Å². The van der Waals surface area contributed by atoms with Gasteiger partial charge in [0.15, 0.2) is 0 Å². The smallest absolute Gasteiger partial charge is 0.107 e. The Hall–Kier alpha value is -2.81. The van der Waals surface area contributed by atoms with Gasteiger partial charge in [-0.05, 0) is 18.9 Å². The average molecular weight is 293 g/mol. The maximum atomic E-state index is 9.36. The minimum atomic E-state index is -0.0782. The lowest BCUT2D eigenvalue weighted by atomic mass is 10.1. The Kier molecular flexibility index (Phi) is 2.62. The van der Waals surface area contributed by atoms with E-state index in [4.69, 9.17) is 1.37 Å². The molecule has 22 heavy (non-hydrogen) atoms. The molecule has 0 N–H and O–H groups in total. The van der Waals surface area contributed by atoms with E-state index in [2.05, 4.69) is 27.2 Å². The Labute approximate surface area is 129 Å². The Morgan fingerprint density at radius 1 is 1.23 bits per heavy atom. The van der Waals surface area contributed by atoms with Gasteiger partial charge >= 0.3 is 0 Å². The van der Waals surface area contributed by atoms with Crippen LogP contribution in [0.1, 0.15) is 19.8 Å². The van der Waals surface area contributed by atoms with E-state index in [9.17, 15) is 5.26 Å². The molecule has 6 nitrogen and oxygen atoms in total. The standard InChI is InChI=1S/C16H16N6/c1-20-10-14(9-18-20)12-6-15(21-4-2-3-5-21)16-13(7-17)8-19-22(16)11-12/h6,8-11H,2-5H2,1H3/i2D. The van der Waals surface area contributed by atoms with Gasteiger partial charge in [-0.2, -0.15) is 15.5 Å². The topological polar surface area (TPSA) is 62.1 Å². The van der Waals surface area contributed by atoms with E-state index in [1.165, 1.54) is 0 Å². The SMILES string of the molecule is [2H]C1CCN(c2cc(-c3cnn(C)c3)cn3ncc(C#N)c23)C1. The minimum Gasteiger partial charge on any atom is -0.370 e. The molecule has 0 bridgehead atoms. The fourth-order valence-electron chi connectivity index (χ4n) is 2.96. The first-order valence-corrected chi connectivity index (χ1v) is 7.23. The van der Waals surface area contributed by atoms with Crippen LogP contribution in [-0.4, -0.2) is 32.5 Å². The molecule has 110 valence electrons. The molecule has 1 fully saturated rings. The van der Waals surface area contributed by atoms with Crippen molar-refractivity contribution < 1.29 is 1.37 Å². The molecule has 1 atom stereocenters. The number of nitrogens with zero attached hydrogens (tertiary/aromatic N) is 6. The van der Waals surface area contributed by atoms with Crippen molar-refractivity contribution in [3.63, 3.8) is 0 Å². The monoisotopic (exact) mass is 293 g/mol. The highest BCUT2D eigenvalue weighted by atomic mass is 15.3. The molecule has 0 spiro atoms. The first kappa shape index (κ1) is 11.8. The largest absolute Gasteiger partial charge is 0.370 e. The van der Waals surface area contributed by atoms with E-state index in [1.54, 1.807) is 15.4 Å². The quantitative estimate of drug-likeness (QED) is 0.726. The third kappa shape index (κ3) is 1.94. The molecule has 3 aromatic rings. The molecule has 0 aliphatic carbocycles. The third-order valence-corrected chi connectivity index (χ3v) is 4.04. The number of aryl methyl sites for hydroxylation is 1. The predicted octanol–water partition coefficient (Wildman–Crippen LogP) is 2.21. The van der Waals surface area contributed by atoms with E-state index < -0.39 is 0 Å². The number of anilines is 1. The number of pyridine rings is 1. The maximum absolute atomic E-state index is 9.36. The molecule has 4 heterocycles. The Balaban J connectivity index is 1.93. The molecule has 0 aromatic carbocycles. The van der Waals surface area contributed by atoms with Gasteiger partial charge < -0.3 is 4.90 Å². The summed E-state index contributed by atoms with van der Waals surface area (Å²) in [5, 5.41) is 17.9. The molecular weight excluding hydrogens is 276 g/mol. The van der Waals surface area contributed by atoms with Gasteiger partial charge in [-0.1, -0.05) is 0 Å². The molecule has 1 unspecified atom stereocenters. The number of hydrogen-bond donors (Lipinski definition) is 0. The predicted molar refractivity (Wildman–Crippen MR) is 83.6 cm³/mol. The van der Waals surface area contributed by atoms with Gasteiger partial charge in [-0.3, -0.25) is 4.68 Å². The first-order valence-electron chi connectivity index (χ1n) is 7.81. The molecule has 0 amide bonds. The fraction of sp³-hybridized carbons (Fsp3) is 0.312. The lowest BCUT2D eigenvalue weighted by Crippen LogP contribution is -2.18. The highest BCUT2D eigenvalue weighted by Crippen LogP contribution is 2.32. The number of rotatable bonds is 2. The second-order valence-electron chi connectivity index (χ2n) is 5.50. The zero-order valence-electron chi connectivity index (χ0n) is 13.3. The number of hydrogen-bond acceptors (Lipinski definition) is 4. The molecule has 4 rings (SSSR count). The summed E-state index contributed by atoms with van der Waals surface area (Å²) >= 11 is 0. The van der Waals surface area contributed by atoms with Gasteiger partial charge in [0.1, 0.15) is 11.6 Å². The van der Waals surface area contributed by atoms with Gasteiger partial charge in [-0.15, -0.1) is 0 Å². The van der Waals surface area contributed by atoms with Crippen molar-refractivity contribution in [2.75, 3.05) is 18.0 Å². The van der Waals surface area contributed by atoms with Gasteiger partial charge in [0.05, 0.1) is 23.6 Å². The summed E-state index contributed by atoms with van der Waals surface area (Å²) in [5.74, 6) is 0. The normalized spacial score (nSPS) is 18.6. The van der Waals surface area contributed by atoms with Gasteiger partial charge in [-0.25, -0.2) is 4.52 Å². The van der Waals surface area contributed by atoms with E-state index in [0.29, 0.717) is 12.1 Å². The zero-order chi connectivity index (χ0) is 16.0. The van der Waals surface area contributed by atoms with Crippen molar-refractivity contribution in [3.05, 3.63) is 36.4 Å². The van der Waals surface area contributed by atoms with Crippen LogP contribution in [0.4, 0.5) is 5.69 Å². The highest BCUT2D eigenvalue weighted by Gasteiger charge is 2.19. The molecule has 6 heteroatoms. The summed E-state index contributed by atoms with van der Waals surface area (Å²) in [7, 11) is 1.88. The van der Waals surface area contributed by atoms with Crippen molar-refractivity contribution >= 4 is 11.2 Å². The van der Waals surface area contributed by atoms with Crippen molar-refractivity contribution in [2.24, 2.45) is 7.05 Å².